The van der Waals surface area contributed by atoms with E-state index >= 15 is 0 Å². The summed E-state index contributed by atoms with van der Waals surface area (Å²) in [6.45, 7) is 31.7. The van der Waals surface area contributed by atoms with Crippen LogP contribution in [0.2, 0.25) is 0 Å². The summed E-state index contributed by atoms with van der Waals surface area (Å²) < 4.78 is 5.71. The second-order valence-electron chi connectivity index (χ2n) is 13.6. The number of carbonyl (C=O) groups is 1. The van der Waals surface area contributed by atoms with E-state index in [0.717, 1.165) is 25.1 Å². The molecule has 3 rings (SSSR count). The van der Waals surface area contributed by atoms with Crippen molar-refractivity contribution in [1.29, 1.82) is 0 Å². The predicted molar refractivity (Wildman–Crippen MR) is 146 cm³/mol. The highest BCUT2D eigenvalue weighted by Crippen LogP contribution is 2.66. The Hall–Kier alpha value is -1.91. The lowest BCUT2D eigenvalue weighted by Crippen LogP contribution is -2.58. The van der Waals surface area contributed by atoms with Crippen molar-refractivity contribution in [2.75, 3.05) is 13.2 Å². The summed E-state index contributed by atoms with van der Waals surface area (Å²) in [5.41, 5.74) is 2.44. The van der Waals surface area contributed by atoms with Gasteiger partial charge in [-0.25, -0.2) is 4.79 Å². The zero-order valence-corrected chi connectivity index (χ0v) is 23.7. The number of fused-ring (bicyclic) bond motifs is 1. The van der Waals surface area contributed by atoms with E-state index in [-0.39, 0.29) is 28.9 Å². The highest BCUT2D eigenvalue weighted by molar-refractivity contribution is 5.75. The smallest absolute Gasteiger partial charge is 0.315 e. The topological polar surface area (TPSA) is 53.6 Å². The van der Waals surface area contributed by atoms with Gasteiger partial charge in [0.1, 0.15) is 6.61 Å². The Balaban J connectivity index is 1.81. The average molecular weight is 486 g/mol. The quantitative estimate of drug-likeness (QED) is 0.284. The monoisotopic (exact) mass is 485 g/mol. The molecule has 198 valence electrons. The minimum absolute atomic E-state index is 0.0139. The van der Waals surface area contributed by atoms with Crippen LogP contribution >= 0.6 is 0 Å². The van der Waals surface area contributed by atoms with E-state index in [4.69, 9.17) is 4.74 Å². The van der Waals surface area contributed by atoms with Crippen LogP contribution in [0.15, 0.2) is 36.8 Å². The molecule has 3 aliphatic rings. The standard InChI is InChI=1S/C30H51N3O2/c1-19(2)25-24-22(29(24,9)10)17-33(25)21(5)26(30(11)15-13-12-14-16-30)32-27(34)31-23(28(6,7)8)18-35-20(3)4/h22-26H,1,3,5,12-18H2,2,4,6-11H3,(H2,31,32,34)/t22-,23?,24-,25?,26?/m0/s1. The first-order chi connectivity index (χ1) is 16.1. The third kappa shape index (κ3) is 5.75. The van der Waals surface area contributed by atoms with Gasteiger partial charge in [0.25, 0.3) is 0 Å². The molecule has 2 aliphatic carbocycles. The number of nitrogens with one attached hydrogen (secondary N) is 2. The summed E-state index contributed by atoms with van der Waals surface area (Å²) in [7, 11) is 0. The predicted octanol–water partition coefficient (Wildman–Crippen LogP) is 6.64. The van der Waals surface area contributed by atoms with Gasteiger partial charge in [0.15, 0.2) is 0 Å². The first-order valence-electron chi connectivity index (χ1n) is 13.6. The van der Waals surface area contributed by atoms with Crippen molar-refractivity contribution in [2.45, 2.75) is 106 Å². The highest BCUT2D eigenvalue weighted by Gasteiger charge is 2.67. The molecule has 1 saturated heterocycles. The Morgan fingerprint density at radius 3 is 2.17 bits per heavy atom. The molecule has 0 aromatic rings. The van der Waals surface area contributed by atoms with Crippen LogP contribution in [0, 0.1) is 28.1 Å². The first kappa shape index (κ1) is 27.7. The third-order valence-corrected chi connectivity index (χ3v) is 9.23. The molecule has 5 heteroatoms. The van der Waals surface area contributed by atoms with Crippen LogP contribution in [0.1, 0.15) is 87.5 Å². The molecule has 1 heterocycles. The van der Waals surface area contributed by atoms with Crippen molar-refractivity contribution in [3.8, 4) is 0 Å². The summed E-state index contributed by atoms with van der Waals surface area (Å²) in [5, 5.41) is 6.62. The number of likely N-dealkylation sites (tertiary alicyclic amines) is 1. The lowest BCUT2D eigenvalue weighted by atomic mass is 9.69. The molecule has 2 saturated carbocycles. The fourth-order valence-corrected chi connectivity index (χ4v) is 6.69. The van der Waals surface area contributed by atoms with Gasteiger partial charge in [-0.1, -0.05) is 86.1 Å². The molecule has 0 aromatic heterocycles. The van der Waals surface area contributed by atoms with Crippen LogP contribution in [-0.2, 0) is 4.74 Å². The van der Waals surface area contributed by atoms with Gasteiger partial charge in [-0.2, -0.15) is 0 Å². The summed E-state index contributed by atoms with van der Waals surface area (Å²) >= 11 is 0. The molecule has 0 radical (unpaired) electrons. The normalized spacial score (nSPS) is 28.3. The van der Waals surface area contributed by atoms with Gasteiger partial charge in [-0.15, -0.1) is 0 Å². The Labute approximate surface area is 214 Å². The number of urea groups is 1. The van der Waals surface area contributed by atoms with Crippen molar-refractivity contribution in [1.82, 2.24) is 15.5 Å². The molecule has 2 amide bonds. The van der Waals surface area contributed by atoms with Crippen molar-refractivity contribution in [3.05, 3.63) is 36.8 Å². The lowest BCUT2D eigenvalue weighted by molar-refractivity contribution is 0.116. The second-order valence-corrected chi connectivity index (χ2v) is 13.6. The van der Waals surface area contributed by atoms with Crippen molar-refractivity contribution >= 4 is 6.03 Å². The second kappa shape index (κ2) is 9.86. The molecule has 0 bridgehead atoms. The maximum absolute atomic E-state index is 13.5. The molecule has 5 atom stereocenters. The van der Waals surface area contributed by atoms with E-state index in [1.54, 1.807) is 0 Å². The van der Waals surface area contributed by atoms with Crippen LogP contribution in [0.25, 0.3) is 0 Å². The fraction of sp³-hybridized carbons (Fsp3) is 0.767. The van der Waals surface area contributed by atoms with Gasteiger partial charge in [-0.3, -0.25) is 0 Å². The summed E-state index contributed by atoms with van der Waals surface area (Å²) in [5.74, 6) is 1.94. The Morgan fingerprint density at radius 2 is 1.66 bits per heavy atom. The van der Waals surface area contributed by atoms with E-state index in [0.29, 0.717) is 35.7 Å². The number of ether oxygens (including phenoxy) is 1. The Bertz CT molecular complexity index is 846. The number of carbonyl (C=O) groups excluding carboxylic acids is 1. The lowest BCUT2D eigenvalue weighted by Gasteiger charge is -2.46. The average Bonchev–Trinajstić information content (AvgIpc) is 3.09. The fourth-order valence-electron chi connectivity index (χ4n) is 6.69. The van der Waals surface area contributed by atoms with E-state index in [1.807, 2.05) is 6.92 Å². The molecular formula is C30H51N3O2. The molecule has 3 unspecified atom stereocenters. The number of piperidine rings is 1. The van der Waals surface area contributed by atoms with Crippen LogP contribution in [0.4, 0.5) is 4.79 Å². The van der Waals surface area contributed by atoms with Gasteiger partial charge >= 0.3 is 6.03 Å². The number of rotatable bonds is 9. The Morgan fingerprint density at radius 1 is 1.06 bits per heavy atom. The van der Waals surface area contributed by atoms with Crippen LogP contribution in [-0.4, -0.2) is 42.2 Å². The number of allylic oxidation sites excluding steroid dienone is 1. The van der Waals surface area contributed by atoms with E-state index in [2.05, 4.69) is 83.7 Å². The molecule has 3 fully saturated rings. The van der Waals surface area contributed by atoms with Gasteiger partial charge in [0, 0.05) is 12.2 Å². The van der Waals surface area contributed by atoms with Crippen LogP contribution in [0.3, 0.4) is 0 Å². The SMILES string of the molecule is C=C(C)OCC(NC(=O)NC(C(=C)N1C[C@H]2[C@@H](C1C(=C)C)C2(C)C)C1(C)CCCCC1)C(C)(C)C. The summed E-state index contributed by atoms with van der Waals surface area (Å²) in [6, 6.07) is -0.110. The zero-order chi connectivity index (χ0) is 26.3. The van der Waals surface area contributed by atoms with E-state index < -0.39 is 0 Å². The number of hydrogen-bond donors (Lipinski definition) is 2. The van der Waals surface area contributed by atoms with Crippen molar-refractivity contribution < 1.29 is 9.53 Å². The number of hydrogen-bond acceptors (Lipinski definition) is 3. The number of amides is 2. The van der Waals surface area contributed by atoms with Crippen LogP contribution < -0.4 is 10.6 Å². The Kier molecular flexibility index (Phi) is 7.80. The highest BCUT2D eigenvalue weighted by atomic mass is 16.5. The minimum Gasteiger partial charge on any atom is -0.497 e. The van der Waals surface area contributed by atoms with Crippen molar-refractivity contribution in [3.63, 3.8) is 0 Å². The van der Waals surface area contributed by atoms with E-state index in [9.17, 15) is 4.79 Å². The van der Waals surface area contributed by atoms with Crippen LogP contribution in [0.5, 0.6) is 0 Å². The van der Waals surface area contributed by atoms with Gasteiger partial charge in [0.05, 0.1) is 23.9 Å². The summed E-state index contributed by atoms with van der Waals surface area (Å²) in [4.78, 5) is 15.9. The van der Waals surface area contributed by atoms with Gasteiger partial charge in [0.2, 0.25) is 0 Å². The minimum atomic E-state index is -0.152. The zero-order valence-electron chi connectivity index (χ0n) is 23.7. The third-order valence-electron chi connectivity index (χ3n) is 9.23. The largest absolute Gasteiger partial charge is 0.497 e. The van der Waals surface area contributed by atoms with Gasteiger partial charge < -0.3 is 20.3 Å². The molecule has 35 heavy (non-hydrogen) atoms. The van der Waals surface area contributed by atoms with Gasteiger partial charge in [-0.05, 0) is 54.8 Å². The summed E-state index contributed by atoms with van der Waals surface area (Å²) in [6.07, 6.45) is 5.86. The molecule has 5 nitrogen and oxygen atoms in total. The van der Waals surface area contributed by atoms with E-state index in [1.165, 1.54) is 24.8 Å². The molecule has 0 aromatic carbocycles. The molecule has 0 spiro atoms. The first-order valence-corrected chi connectivity index (χ1v) is 13.6. The molecule has 2 N–H and O–H groups in total. The maximum atomic E-state index is 13.5. The maximum Gasteiger partial charge on any atom is 0.315 e. The molecular weight excluding hydrogens is 434 g/mol. The number of nitrogens with zero attached hydrogens (tertiary/aromatic N) is 1. The van der Waals surface area contributed by atoms with Crippen molar-refractivity contribution in [2.24, 2.45) is 28.1 Å². The molecule has 1 aliphatic heterocycles.